The van der Waals surface area contributed by atoms with Gasteiger partial charge < -0.3 is 9.80 Å². The summed E-state index contributed by atoms with van der Waals surface area (Å²) in [7, 11) is 0. The quantitative estimate of drug-likeness (QED) is 0.690. The molecule has 0 saturated carbocycles. The Morgan fingerprint density at radius 1 is 1.10 bits per heavy atom. The fraction of sp³-hybridized carbons (Fsp3) is 0.348. The van der Waals surface area contributed by atoms with Crippen molar-refractivity contribution in [3.8, 4) is 0 Å². The van der Waals surface area contributed by atoms with Crippen LogP contribution in [-0.4, -0.2) is 46.0 Å². The van der Waals surface area contributed by atoms with E-state index in [1.165, 1.54) is 11.3 Å². The van der Waals surface area contributed by atoms with E-state index in [4.69, 9.17) is 0 Å². The molecule has 3 aromatic rings. The van der Waals surface area contributed by atoms with Gasteiger partial charge in [0, 0.05) is 31.4 Å². The zero-order chi connectivity index (χ0) is 20.5. The fourth-order valence-corrected chi connectivity index (χ4v) is 4.09. The van der Waals surface area contributed by atoms with Crippen LogP contribution in [0.25, 0.3) is 11.0 Å². The average molecular weight is 390 g/mol. The van der Waals surface area contributed by atoms with Crippen LogP contribution in [0.2, 0.25) is 0 Å². The zero-order valence-corrected chi connectivity index (χ0v) is 17.1. The van der Waals surface area contributed by atoms with Gasteiger partial charge in [-0.25, -0.2) is 4.98 Å². The van der Waals surface area contributed by atoms with E-state index < -0.39 is 0 Å². The molecule has 0 bridgehead atoms. The van der Waals surface area contributed by atoms with Gasteiger partial charge in [-0.15, -0.1) is 0 Å². The van der Waals surface area contributed by atoms with Crippen molar-refractivity contribution in [3.05, 3.63) is 70.1 Å². The third kappa shape index (κ3) is 3.75. The number of anilines is 1. The number of aryl methyl sites for hydroxylation is 2. The summed E-state index contributed by atoms with van der Waals surface area (Å²) in [4.78, 5) is 34.3. The molecule has 6 heteroatoms. The lowest BCUT2D eigenvalue weighted by Crippen LogP contribution is -2.54. The van der Waals surface area contributed by atoms with Crippen molar-refractivity contribution in [1.29, 1.82) is 0 Å². The van der Waals surface area contributed by atoms with E-state index in [1.54, 1.807) is 11.5 Å². The summed E-state index contributed by atoms with van der Waals surface area (Å²) in [6.45, 7) is 8.03. The topological polar surface area (TPSA) is 58.4 Å². The maximum atomic E-state index is 13.0. The summed E-state index contributed by atoms with van der Waals surface area (Å²) < 4.78 is 1.55. The van der Waals surface area contributed by atoms with Crippen LogP contribution in [0.1, 0.15) is 18.2 Å². The number of piperazine rings is 1. The zero-order valence-electron chi connectivity index (χ0n) is 17.1. The third-order valence-corrected chi connectivity index (χ3v) is 5.62. The molecule has 4 rings (SSSR count). The maximum Gasteiger partial charge on any atom is 0.272 e. The number of para-hydroxylation sites is 2. The van der Waals surface area contributed by atoms with Crippen molar-refractivity contribution >= 4 is 22.6 Å². The number of benzene rings is 2. The second kappa shape index (κ2) is 7.70. The van der Waals surface area contributed by atoms with E-state index in [0.29, 0.717) is 24.3 Å². The van der Waals surface area contributed by atoms with E-state index in [2.05, 4.69) is 48.0 Å². The first kappa shape index (κ1) is 19.2. The summed E-state index contributed by atoms with van der Waals surface area (Å²) in [5.41, 5.74) is 4.06. The van der Waals surface area contributed by atoms with Gasteiger partial charge in [0.25, 0.3) is 5.56 Å². The van der Waals surface area contributed by atoms with Crippen LogP contribution in [-0.2, 0) is 11.3 Å². The highest BCUT2D eigenvalue weighted by Crippen LogP contribution is 2.22. The molecular weight excluding hydrogens is 364 g/mol. The molecule has 1 aromatic heterocycles. The molecular formula is C23H26N4O2. The molecule has 0 radical (unpaired) electrons. The Morgan fingerprint density at radius 3 is 2.66 bits per heavy atom. The Balaban J connectivity index is 1.53. The summed E-state index contributed by atoms with van der Waals surface area (Å²) in [6.07, 6.45) is 0. The van der Waals surface area contributed by atoms with Gasteiger partial charge in [0.15, 0.2) is 0 Å². The summed E-state index contributed by atoms with van der Waals surface area (Å²) in [5.74, 6) is -0.0291. The average Bonchev–Trinajstić information content (AvgIpc) is 2.71. The molecule has 1 aliphatic heterocycles. The van der Waals surface area contributed by atoms with Crippen molar-refractivity contribution in [2.24, 2.45) is 0 Å². The fourth-order valence-electron chi connectivity index (χ4n) is 4.09. The van der Waals surface area contributed by atoms with Crippen molar-refractivity contribution in [3.63, 3.8) is 0 Å². The minimum absolute atomic E-state index is 0.0291. The highest BCUT2D eigenvalue weighted by atomic mass is 16.2. The van der Waals surface area contributed by atoms with Crippen LogP contribution in [0, 0.1) is 13.8 Å². The summed E-state index contributed by atoms with van der Waals surface area (Å²) in [5, 5.41) is 0. The Kier molecular flexibility index (Phi) is 5.09. The van der Waals surface area contributed by atoms with Gasteiger partial charge in [-0.1, -0.05) is 24.3 Å². The van der Waals surface area contributed by atoms with E-state index in [0.717, 1.165) is 12.1 Å². The Morgan fingerprint density at radius 2 is 1.90 bits per heavy atom. The molecule has 1 atom stereocenters. The Labute approximate surface area is 170 Å². The number of amides is 1. The van der Waals surface area contributed by atoms with Crippen molar-refractivity contribution in [1.82, 2.24) is 14.5 Å². The first-order valence-corrected chi connectivity index (χ1v) is 10.0. The second-order valence-corrected chi connectivity index (χ2v) is 7.80. The van der Waals surface area contributed by atoms with Crippen LogP contribution >= 0.6 is 0 Å². The lowest BCUT2D eigenvalue weighted by Gasteiger charge is -2.41. The highest BCUT2D eigenvalue weighted by molar-refractivity contribution is 5.80. The van der Waals surface area contributed by atoms with Crippen molar-refractivity contribution in [2.75, 3.05) is 24.5 Å². The van der Waals surface area contributed by atoms with Gasteiger partial charge in [0.05, 0.1) is 11.0 Å². The number of aromatic nitrogens is 2. The molecule has 1 fully saturated rings. The molecule has 2 heterocycles. The van der Waals surface area contributed by atoms with Crippen LogP contribution in [0.3, 0.4) is 0 Å². The monoisotopic (exact) mass is 390 g/mol. The summed E-state index contributed by atoms with van der Waals surface area (Å²) >= 11 is 0. The van der Waals surface area contributed by atoms with Crippen LogP contribution < -0.4 is 10.5 Å². The molecule has 29 heavy (non-hydrogen) atoms. The molecule has 6 nitrogen and oxygen atoms in total. The van der Waals surface area contributed by atoms with Crippen molar-refractivity contribution < 1.29 is 4.79 Å². The maximum absolute atomic E-state index is 13.0. The first-order chi connectivity index (χ1) is 13.9. The smallest absolute Gasteiger partial charge is 0.272 e. The molecule has 1 saturated heterocycles. The Bertz CT molecular complexity index is 1120. The van der Waals surface area contributed by atoms with E-state index in [-0.39, 0.29) is 24.1 Å². The van der Waals surface area contributed by atoms with Gasteiger partial charge >= 0.3 is 0 Å². The SMILES string of the molecule is Cc1cccc(N2CCN(C(=O)Cn3c(=O)c(C)nc4ccccc43)C[C@@H]2C)c1. The number of hydrogen-bond donors (Lipinski definition) is 0. The van der Waals surface area contributed by atoms with Crippen LogP contribution in [0.15, 0.2) is 53.3 Å². The molecule has 0 aliphatic carbocycles. The van der Waals surface area contributed by atoms with Gasteiger partial charge in [0.2, 0.25) is 5.91 Å². The molecule has 0 unspecified atom stereocenters. The minimum atomic E-state index is -0.205. The van der Waals surface area contributed by atoms with Gasteiger partial charge in [-0.3, -0.25) is 14.2 Å². The molecule has 2 aromatic carbocycles. The highest BCUT2D eigenvalue weighted by Gasteiger charge is 2.27. The van der Waals surface area contributed by atoms with Crippen LogP contribution in [0.4, 0.5) is 5.69 Å². The molecule has 0 N–H and O–H groups in total. The van der Waals surface area contributed by atoms with Crippen LogP contribution in [0.5, 0.6) is 0 Å². The van der Waals surface area contributed by atoms with Gasteiger partial charge in [0.1, 0.15) is 12.2 Å². The molecule has 0 spiro atoms. The number of fused-ring (bicyclic) bond motifs is 1. The summed E-state index contributed by atoms with van der Waals surface area (Å²) in [6, 6.07) is 16.1. The molecule has 1 amide bonds. The predicted octanol–water partition coefficient (Wildman–Crippen LogP) is 2.75. The van der Waals surface area contributed by atoms with Crippen molar-refractivity contribution in [2.45, 2.75) is 33.4 Å². The number of carbonyl (C=O) groups excluding carboxylic acids is 1. The number of carbonyl (C=O) groups is 1. The second-order valence-electron chi connectivity index (χ2n) is 7.80. The van der Waals surface area contributed by atoms with E-state index in [1.807, 2.05) is 29.2 Å². The predicted molar refractivity (Wildman–Crippen MR) is 115 cm³/mol. The lowest BCUT2D eigenvalue weighted by molar-refractivity contribution is -0.132. The number of hydrogen-bond acceptors (Lipinski definition) is 4. The van der Waals surface area contributed by atoms with Gasteiger partial charge in [-0.05, 0) is 50.6 Å². The normalized spacial score (nSPS) is 17.0. The number of rotatable bonds is 3. The minimum Gasteiger partial charge on any atom is -0.365 e. The third-order valence-electron chi connectivity index (χ3n) is 5.62. The van der Waals surface area contributed by atoms with E-state index >= 15 is 0 Å². The molecule has 150 valence electrons. The largest absolute Gasteiger partial charge is 0.365 e. The Hall–Kier alpha value is -3.15. The van der Waals surface area contributed by atoms with Gasteiger partial charge in [-0.2, -0.15) is 0 Å². The standard InChI is InChI=1S/C23H26N4O2/c1-16-7-6-8-19(13-16)26-12-11-25(14-17(26)2)22(28)15-27-21-10-5-4-9-20(21)24-18(3)23(27)29/h4-10,13,17H,11-12,14-15H2,1-3H3/t17-/m0/s1. The number of nitrogens with zero attached hydrogens (tertiary/aromatic N) is 4. The van der Waals surface area contributed by atoms with E-state index in [9.17, 15) is 9.59 Å². The molecule has 1 aliphatic rings. The lowest BCUT2D eigenvalue weighted by atomic mass is 10.1. The first-order valence-electron chi connectivity index (χ1n) is 10.0.